The Labute approximate surface area is 136 Å². The number of rotatable bonds is 4. The van der Waals surface area contributed by atoms with Crippen LogP contribution < -0.4 is 0 Å². The zero-order valence-corrected chi connectivity index (χ0v) is 12.6. The molecule has 0 aliphatic heterocycles. The number of hydrogen-bond donors (Lipinski definition) is 2. The van der Waals surface area contributed by atoms with Gasteiger partial charge in [0.2, 0.25) is 0 Å². The molecule has 110 valence electrons. The van der Waals surface area contributed by atoms with Crippen molar-refractivity contribution in [1.29, 1.82) is 0 Å². The number of aromatic hydroxyl groups is 2. The summed E-state index contributed by atoms with van der Waals surface area (Å²) >= 11 is 0. The Morgan fingerprint density at radius 2 is 1.05 bits per heavy atom. The monoisotopic (exact) mass is 372 g/mol. The molecule has 0 aliphatic rings. The average molecular weight is 373 g/mol. The number of benzene rings is 2. The molecule has 0 fully saturated rings. The Bertz CT molecular complexity index is 583. The van der Waals surface area contributed by atoms with Crippen LogP contribution in [0.25, 0.3) is 12.2 Å². The van der Waals surface area contributed by atoms with E-state index in [1.165, 1.54) is 12.2 Å². The maximum atomic E-state index is 11.7. The van der Waals surface area contributed by atoms with Crippen LogP contribution in [-0.4, -0.2) is 16.0 Å². The molecule has 2 aromatic carbocycles. The van der Waals surface area contributed by atoms with Crippen LogP contribution in [0.4, 0.5) is 0 Å². The molecule has 0 heterocycles. The van der Waals surface area contributed by atoms with E-state index in [-0.39, 0.29) is 37.7 Å². The number of ketones is 1. The van der Waals surface area contributed by atoms with Crippen LogP contribution in [0.1, 0.15) is 11.1 Å². The Balaban J connectivity index is 0.00000220. The quantitative estimate of drug-likeness (QED) is 0.639. The molecule has 0 aliphatic carbocycles. The van der Waals surface area contributed by atoms with E-state index in [2.05, 4.69) is 0 Å². The molecule has 21 heavy (non-hydrogen) atoms. The second kappa shape index (κ2) is 8.21. The fourth-order valence-corrected chi connectivity index (χ4v) is 1.58. The van der Waals surface area contributed by atoms with E-state index in [1.807, 2.05) is 0 Å². The summed E-state index contributed by atoms with van der Waals surface area (Å²) < 4.78 is 0. The van der Waals surface area contributed by atoms with Crippen molar-refractivity contribution in [2.24, 2.45) is 0 Å². The van der Waals surface area contributed by atoms with Crippen LogP contribution in [-0.2, 0) is 25.2 Å². The smallest absolute Gasteiger partial charge is 0.178 e. The van der Waals surface area contributed by atoms with Crippen LogP contribution in [0.5, 0.6) is 11.5 Å². The number of carbonyl (C=O) groups is 1. The van der Waals surface area contributed by atoms with Gasteiger partial charge in [0.1, 0.15) is 11.5 Å². The molecule has 2 aromatic rings. The van der Waals surface area contributed by atoms with Crippen molar-refractivity contribution in [3.05, 3.63) is 71.8 Å². The maximum Gasteiger partial charge on any atom is 0.178 e. The zero-order valence-electron chi connectivity index (χ0n) is 11.0. The van der Waals surface area contributed by atoms with E-state index in [4.69, 9.17) is 10.2 Å². The summed E-state index contributed by atoms with van der Waals surface area (Å²) in [5.74, 6) is 0.257. The van der Waals surface area contributed by atoms with Gasteiger partial charge in [0.05, 0.1) is 0 Å². The van der Waals surface area contributed by atoms with E-state index < -0.39 is 0 Å². The van der Waals surface area contributed by atoms with E-state index in [0.29, 0.717) is 0 Å². The molecule has 0 bridgehead atoms. The first kappa shape index (κ1) is 16.9. The summed E-state index contributed by atoms with van der Waals surface area (Å²) in [6.07, 6.45) is 6.29. The average Bonchev–Trinajstić information content (AvgIpc) is 2.46. The van der Waals surface area contributed by atoms with Gasteiger partial charge < -0.3 is 10.2 Å². The van der Waals surface area contributed by atoms with E-state index >= 15 is 0 Å². The molecule has 3 nitrogen and oxygen atoms in total. The molecular weight excluding hydrogens is 359 g/mol. The van der Waals surface area contributed by atoms with Gasteiger partial charge >= 0.3 is 0 Å². The van der Waals surface area contributed by atoms with Crippen LogP contribution in [0.2, 0.25) is 0 Å². The second-order valence-corrected chi connectivity index (χ2v) is 4.25. The Hall–Kier alpha value is -2.15. The van der Waals surface area contributed by atoms with Crippen LogP contribution in [0, 0.1) is 0 Å². The third-order valence-electron chi connectivity index (χ3n) is 2.67. The molecule has 0 unspecified atom stereocenters. The Kier molecular flexibility index (Phi) is 6.61. The summed E-state index contributed by atoms with van der Waals surface area (Å²) in [6, 6.07) is 13.2. The molecule has 0 spiro atoms. The van der Waals surface area contributed by atoms with Gasteiger partial charge in [-0.2, -0.15) is 0 Å². The fraction of sp³-hybridized carbons (Fsp3) is 0. The zero-order chi connectivity index (χ0) is 14.4. The van der Waals surface area contributed by atoms with Crippen LogP contribution in [0.3, 0.4) is 0 Å². The summed E-state index contributed by atoms with van der Waals surface area (Å²) in [5, 5.41) is 18.3. The predicted octanol–water partition coefficient (Wildman–Crippen LogP) is 3.39. The summed E-state index contributed by atoms with van der Waals surface area (Å²) in [6.45, 7) is 0. The van der Waals surface area contributed by atoms with E-state index in [9.17, 15) is 4.79 Å². The van der Waals surface area contributed by atoms with Crippen molar-refractivity contribution >= 4 is 17.9 Å². The minimum absolute atomic E-state index is 0. The maximum absolute atomic E-state index is 11.7. The van der Waals surface area contributed by atoms with Gasteiger partial charge in [0, 0.05) is 20.4 Å². The molecule has 0 radical (unpaired) electrons. The van der Waals surface area contributed by atoms with Gasteiger partial charge in [-0.25, -0.2) is 0 Å². The van der Waals surface area contributed by atoms with Gasteiger partial charge in [-0.1, -0.05) is 36.4 Å². The predicted molar refractivity (Wildman–Crippen MR) is 79.3 cm³/mol. The normalized spacial score (nSPS) is 10.7. The minimum Gasteiger partial charge on any atom is -0.508 e. The summed E-state index contributed by atoms with van der Waals surface area (Å²) in [5.41, 5.74) is 1.68. The third-order valence-corrected chi connectivity index (χ3v) is 2.67. The van der Waals surface area contributed by atoms with Crippen molar-refractivity contribution < 1.29 is 35.4 Å². The van der Waals surface area contributed by atoms with Gasteiger partial charge in [-0.15, -0.1) is 0 Å². The number of hydrogen-bond acceptors (Lipinski definition) is 3. The molecule has 0 amide bonds. The van der Waals surface area contributed by atoms with Crippen molar-refractivity contribution in [3.63, 3.8) is 0 Å². The summed E-state index contributed by atoms with van der Waals surface area (Å²) in [7, 11) is 0. The summed E-state index contributed by atoms with van der Waals surface area (Å²) in [4.78, 5) is 11.7. The molecule has 2 N–H and O–H groups in total. The van der Waals surface area contributed by atoms with Crippen LogP contribution in [0.15, 0.2) is 60.7 Å². The number of carbonyl (C=O) groups excluding carboxylic acids is 1. The molecule has 0 saturated carbocycles. The first-order chi connectivity index (χ1) is 9.63. The molecule has 0 saturated heterocycles. The first-order valence-corrected chi connectivity index (χ1v) is 6.12. The molecule has 0 atom stereocenters. The number of phenolic OH excluding ortho intramolecular Hbond substituents is 2. The van der Waals surface area contributed by atoms with Crippen molar-refractivity contribution in [2.75, 3.05) is 0 Å². The molecule has 0 aromatic heterocycles. The van der Waals surface area contributed by atoms with Gasteiger partial charge in [0.15, 0.2) is 5.78 Å². The van der Waals surface area contributed by atoms with Crippen molar-refractivity contribution in [3.8, 4) is 11.5 Å². The fourth-order valence-electron chi connectivity index (χ4n) is 1.58. The standard InChI is InChI=1S/C17H14O3.Pd/c18-15-7-1-13(2-8-15)5-11-17(20)12-6-14-3-9-16(19)10-4-14;/h1-12,18-19H;. The minimum atomic E-state index is -0.133. The van der Waals surface area contributed by atoms with E-state index in [1.54, 1.807) is 60.7 Å². The molecular formula is C17H14O3Pd. The van der Waals surface area contributed by atoms with Gasteiger partial charge in [0.25, 0.3) is 0 Å². The second-order valence-electron chi connectivity index (χ2n) is 4.25. The SMILES string of the molecule is O=C(C=Cc1ccc(O)cc1)C=Cc1ccc(O)cc1.[Pd]. The van der Waals surface area contributed by atoms with Crippen LogP contribution >= 0.6 is 0 Å². The number of allylic oxidation sites excluding steroid dienone is 2. The largest absolute Gasteiger partial charge is 0.508 e. The van der Waals surface area contributed by atoms with Crippen molar-refractivity contribution in [2.45, 2.75) is 0 Å². The molecule has 2 rings (SSSR count). The third kappa shape index (κ3) is 5.78. The topological polar surface area (TPSA) is 57.5 Å². The first-order valence-electron chi connectivity index (χ1n) is 6.12. The van der Waals surface area contributed by atoms with Gasteiger partial charge in [-0.3, -0.25) is 4.79 Å². The number of phenols is 2. The Morgan fingerprint density at radius 3 is 1.38 bits per heavy atom. The van der Waals surface area contributed by atoms with E-state index in [0.717, 1.165) is 11.1 Å². The molecule has 4 heteroatoms. The van der Waals surface area contributed by atoms with Gasteiger partial charge in [-0.05, 0) is 47.5 Å². The van der Waals surface area contributed by atoms with Crippen molar-refractivity contribution in [1.82, 2.24) is 0 Å². The Morgan fingerprint density at radius 1 is 0.714 bits per heavy atom.